The minimum Gasteiger partial charge on any atom is -0.444 e. The molecule has 1 saturated heterocycles. The number of carbonyl (C=O) groups excluding carboxylic acids is 1. The van der Waals surface area contributed by atoms with Crippen LogP contribution in [-0.2, 0) is 4.74 Å². The number of amides is 1. The average Bonchev–Trinajstić information content (AvgIpc) is 2.98. The molecule has 0 aromatic rings. The van der Waals surface area contributed by atoms with Crippen LogP contribution in [-0.4, -0.2) is 53.5 Å². The van der Waals surface area contributed by atoms with Gasteiger partial charge >= 0.3 is 6.09 Å². The Bertz CT molecular complexity index is 378. The second-order valence-corrected chi connectivity index (χ2v) is 8.35. The molecule has 5 nitrogen and oxygen atoms in total. The third-order valence-electron chi connectivity index (χ3n) is 5.21. The predicted octanol–water partition coefficient (Wildman–Crippen LogP) is 2.92. The second-order valence-electron chi connectivity index (χ2n) is 8.35. The number of hydrogen-bond donors (Lipinski definition) is 2. The van der Waals surface area contributed by atoms with E-state index in [1.54, 1.807) is 0 Å². The molecule has 0 spiro atoms. The van der Waals surface area contributed by atoms with Crippen molar-refractivity contribution in [3.8, 4) is 0 Å². The van der Waals surface area contributed by atoms with E-state index in [-0.39, 0.29) is 6.61 Å². The Labute approximate surface area is 140 Å². The molecular weight excluding hydrogens is 292 g/mol. The van der Waals surface area contributed by atoms with Crippen LogP contribution in [0.15, 0.2) is 0 Å². The quantitative estimate of drug-likeness (QED) is 0.815. The molecule has 1 amide bonds. The number of nitrogens with one attached hydrogen (secondary N) is 1. The average molecular weight is 326 g/mol. The Kier molecular flexibility index (Phi) is 6.32. The highest BCUT2D eigenvalue weighted by molar-refractivity contribution is 5.68. The number of alkyl carbamates (subject to hydrolysis) is 1. The van der Waals surface area contributed by atoms with E-state index >= 15 is 0 Å². The van der Waals surface area contributed by atoms with Gasteiger partial charge < -0.3 is 20.1 Å². The smallest absolute Gasteiger partial charge is 0.408 e. The first-order valence-electron chi connectivity index (χ1n) is 9.16. The van der Waals surface area contributed by atoms with Crippen LogP contribution in [0.4, 0.5) is 4.79 Å². The number of ether oxygens (including phenoxy) is 1. The Hall–Kier alpha value is -0.810. The van der Waals surface area contributed by atoms with Crippen LogP contribution in [0, 0.1) is 5.92 Å². The molecule has 1 aliphatic carbocycles. The maximum Gasteiger partial charge on any atom is 0.408 e. The number of hydrogen-bond acceptors (Lipinski definition) is 4. The molecule has 2 rings (SSSR count). The zero-order valence-corrected chi connectivity index (χ0v) is 15.1. The van der Waals surface area contributed by atoms with Crippen LogP contribution in [0.2, 0.25) is 0 Å². The molecule has 2 fully saturated rings. The van der Waals surface area contributed by atoms with E-state index in [0.29, 0.717) is 0 Å². The van der Waals surface area contributed by atoms with Crippen molar-refractivity contribution < 1.29 is 14.6 Å². The predicted molar refractivity (Wildman–Crippen MR) is 91.4 cm³/mol. The van der Waals surface area contributed by atoms with E-state index in [4.69, 9.17) is 4.74 Å². The number of rotatable bonds is 5. The molecule has 0 unspecified atom stereocenters. The highest BCUT2D eigenvalue weighted by Crippen LogP contribution is 2.29. The van der Waals surface area contributed by atoms with Crippen LogP contribution in [0.3, 0.4) is 0 Å². The first-order valence-corrected chi connectivity index (χ1v) is 9.16. The van der Waals surface area contributed by atoms with Crippen LogP contribution >= 0.6 is 0 Å². The fraction of sp³-hybridized carbons (Fsp3) is 0.944. The van der Waals surface area contributed by atoms with Crippen molar-refractivity contribution >= 4 is 6.09 Å². The summed E-state index contributed by atoms with van der Waals surface area (Å²) in [5.41, 5.74) is -1.03. The van der Waals surface area contributed by atoms with E-state index < -0.39 is 17.2 Å². The third-order valence-corrected chi connectivity index (χ3v) is 5.21. The van der Waals surface area contributed by atoms with Gasteiger partial charge in [-0.25, -0.2) is 4.79 Å². The van der Waals surface area contributed by atoms with Gasteiger partial charge in [-0.3, -0.25) is 0 Å². The van der Waals surface area contributed by atoms with E-state index in [9.17, 15) is 9.90 Å². The second kappa shape index (κ2) is 7.84. The lowest BCUT2D eigenvalue weighted by Crippen LogP contribution is -2.58. The third kappa shape index (κ3) is 5.96. The van der Waals surface area contributed by atoms with E-state index in [0.717, 1.165) is 38.4 Å². The highest BCUT2D eigenvalue weighted by Gasteiger charge is 2.36. The lowest BCUT2D eigenvalue weighted by Gasteiger charge is -2.41. The summed E-state index contributed by atoms with van der Waals surface area (Å²) in [6, 6.07) is 0. The van der Waals surface area contributed by atoms with Gasteiger partial charge in [0.05, 0.1) is 12.1 Å². The van der Waals surface area contributed by atoms with E-state index in [2.05, 4.69) is 10.2 Å². The molecule has 134 valence electrons. The van der Waals surface area contributed by atoms with Gasteiger partial charge in [-0.1, -0.05) is 25.7 Å². The number of aliphatic hydroxyl groups is 1. The Morgan fingerprint density at radius 2 is 1.87 bits per heavy atom. The first kappa shape index (κ1) is 18.5. The Morgan fingerprint density at radius 3 is 2.39 bits per heavy atom. The summed E-state index contributed by atoms with van der Waals surface area (Å²) in [5, 5.41) is 12.7. The summed E-state index contributed by atoms with van der Waals surface area (Å²) in [6.07, 6.45) is 8.04. The first-order chi connectivity index (χ1) is 10.8. The van der Waals surface area contributed by atoms with Crippen molar-refractivity contribution in [2.45, 2.75) is 76.9 Å². The molecule has 1 aliphatic heterocycles. The molecule has 0 aromatic heterocycles. The number of carbonyl (C=O) groups is 1. The molecule has 0 radical (unpaired) electrons. The number of likely N-dealkylation sites (tertiary alicyclic amines) is 1. The summed E-state index contributed by atoms with van der Waals surface area (Å²) < 4.78 is 5.33. The maximum absolute atomic E-state index is 12.0. The Morgan fingerprint density at radius 1 is 1.26 bits per heavy atom. The molecule has 1 heterocycles. The van der Waals surface area contributed by atoms with Crippen molar-refractivity contribution in [1.82, 2.24) is 10.2 Å². The monoisotopic (exact) mass is 326 g/mol. The van der Waals surface area contributed by atoms with Crippen LogP contribution in [0.5, 0.6) is 0 Å². The van der Waals surface area contributed by atoms with Gasteiger partial charge in [0.2, 0.25) is 0 Å². The van der Waals surface area contributed by atoms with Crippen LogP contribution in [0.25, 0.3) is 0 Å². The van der Waals surface area contributed by atoms with Gasteiger partial charge in [0.25, 0.3) is 0 Å². The summed E-state index contributed by atoms with van der Waals surface area (Å²) in [7, 11) is 0. The zero-order valence-electron chi connectivity index (χ0n) is 15.1. The summed E-state index contributed by atoms with van der Waals surface area (Å²) in [5.74, 6) is 0.916. The molecule has 0 atom stereocenters. The van der Waals surface area contributed by atoms with Crippen molar-refractivity contribution in [1.29, 1.82) is 0 Å². The van der Waals surface area contributed by atoms with E-state index in [1.165, 1.54) is 32.1 Å². The minimum atomic E-state index is -0.522. The largest absolute Gasteiger partial charge is 0.444 e. The lowest BCUT2D eigenvalue weighted by molar-refractivity contribution is 0.0268. The molecule has 1 saturated carbocycles. The number of aliphatic hydroxyl groups excluding tert-OH is 1. The fourth-order valence-corrected chi connectivity index (χ4v) is 3.71. The number of piperidine rings is 1. The molecule has 23 heavy (non-hydrogen) atoms. The molecule has 0 aromatic carbocycles. The van der Waals surface area contributed by atoms with Crippen molar-refractivity contribution in [2.24, 2.45) is 5.92 Å². The zero-order chi connectivity index (χ0) is 16.9. The van der Waals surface area contributed by atoms with Gasteiger partial charge in [0.1, 0.15) is 5.60 Å². The van der Waals surface area contributed by atoms with Gasteiger partial charge in [0, 0.05) is 13.1 Å². The van der Waals surface area contributed by atoms with Gasteiger partial charge in [0.15, 0.2) is 0 Å². The van der Waals surface area contributed by atoms with E-state index in [1.807, 2.05) is 20.8 Å². The maximum atomic E-state index is 12.0. The minimum absolute atomic E-state index is 0.0251. The van der Waals surface area contributed by atoms with Crippen LogP contribution in [0.1, 0.15) is 65.7 Å². The molecular formula is C18H34N2O3. The standard InChI is InChI=1S/C18H34N2O3/c1-17(2,3)23-16(22)19-18(14-21)9-12-20(13-10-18)11-8-15-6-4-5-7-15/h15,21H,4-14H2,1-3H3,(H,19,22). The topological polar surface area (TPSA) is 61.8 Å². The fourth-order valence-electron chi connectivity index (χ4n) is 3.71. The summed E-state index contributed by atoms with van der Waals surface area (Å²) in [4.78, 5) is 14.5. The summed E-state index contributed by atoms with van der Waals surface area (Å²) >= 11 is 0. The normalized spacial score (nSPS) is 23.0. The summed E-state index contributed by atoms with van der Waals surface area (Å²) in [6.45, 7) is 8.55. The molecule has 2 aliphatic rings. The Balaban J connectivity index is 1.75. The molecule has 2 N–H and O–H groups in total. The van der Waals surface area contributed by atoms with Crippen molar-refractivity contribution in [3.63, 3.8) is 0 Å². The molecule has 5 heteroatoms. The van der Waals surface area contributed by atoms with Crippen LogP contribution < -0.4 is 5.32 Å². The number of nitrogens with zero attached hydrogens (tertiary/aromatic N) is 1. The highest BCUT2D eigenvalue weighted by atomic mass is 16.6. The van der Waals surface area contributed by atoms with Crippen molar-refractivity contribution in [2.75, 3.05) is 26.2 Å². The van der Waals surface area contributed by atoms with Crippen molar-refractivity contribution in [3.05, 3.63) is 0 Å². The molecule has 0 bridgehead atoms. The lowest BCUT2D eigenvalue weighted by atomic mass is 9.88. The van der Waals surface area contributed by atoms with Gasteiger partial charge in [-0.05, 0) is 52.5 Å². The van der Waals surface area contributed by atoms with Gasteiger partial charge in [-0.2, -0.15) is 0 Å². The SMILES string of the molecule is CC(C)(C)OC(=O)NC1(CO)CCN(CCC2CCCC2)CC1. The van der Waals surface area contributed by atoms with Gasteiger partial charge in [-0.15, -0.1) is 0 Å².